The molecule has 110 valence electrons. The van der Waals surface area contributed by atoms with E-state index in [-0.39, 0.29) is 18.3 Å². The summed E-state index contributed by atoms with van der Waals surface area (Å²) in [6, 6.07) is 3.81. The molecular formula is C14H21N3O3. The molecule has 6 nitrogen and oxygen atoms in total. The van der Waals surface area contributed by atoms with Gasteiger partial charge in [-0.25, -0.2) is 0 Å². The third-order valence-electron chi connectivity index (χ3n) is 3.58. The van der Waals surface area contributed by atoms with E-state index in [4.69, 9.17) is 15.6 Å². The number of primary amides is 1. The molecule has 1 aromatic heterocycles. The number of pyridine rings is 1. The molecular weight excluding hydrogens is 258 g/mol. The van der Waals surface area contributed by atoms with E-state index < -0.39 is 0 Å². The van der Waals surface area contributed by atoms with E-state index >= 15 is 0 Å². The van der Waals surface area contributed by atoms with Gasteiger partial charge in [0.15, 0.2) is 0 Å². The predicted molar refractivity (Wildman–Crippen MR) is 75.1 cm³/mol. The highest BCUT2D eigenvalue weighted by Crippen LogP contribution is 2.31. The van der Waals surface area contributed by atoms with Crippen LogP contribution in [0.5, 0.6) is 0 Å². The minimum absolute atomic E-state index is 0.183. The molecule has 0 saturated carbocycles. The zero-order chi connectivity index (χ0) is 15.0. The van der Waals surface area contributed by atoms with Crippen LogP contribution in [0.3, 0.4) is 0 Å². The third kappa shape index (κ3) is 4.62. The fraction of sp³-hybridized carbons (Fsp3) is 0.500. The zero-order valence-electron chi connectivity index (χ0n) is 11.6. The van der Waals surface area contributed by atoms with Gasteiger partial charge in [-0.2, -0.15) is 0 Å². The van der Waals surface area contributed by atoms with Gasteiger partial charge < -0.3 is 15.7 Å². The molecule has 2 rings (SSSR count). The van der Waals surface area contributed by atoms with Crippen LogP contribution in [-0.2, 0) is 9.59 Å². The molecule has 0 radical (unpaired) electrons. The van der Waals surface area contributed by atoms with Gasteiger partial charge in [0.05, 0.1) is 5.92 Å². The molecule has 6 heteroatoms. The van der Waals surface area contributed by atoms with Crippen LogP contribution in [0.1, 0.15) is 24.3 Å². The molecule has 20 heavy (non-hydrogen) atoms. The first-order chi connectivity index (χ1) is 9.60. The highest BCUT2D eigenvalue weighted by molar-refractivity contribution is 5.82. The Balaban J connectivity index is 0.000000612. The second-order valence-corrected chi connectivity index (χ2v) is 4.91. The Hall–Kier alpha value is -1.95. The number of aromatic nitrogens is 1. The minimum Gasteiger partial charge on any atom is -0.483 e. The van der Waals surface area contributed by atoms with Crippen molar-refractivity contribution in [3.05, 3.63) is 30.1 Å². The molecule has 1 saturated heterocycles. The van der Waals surface area contributed by atoms with Crippen LogP contribution in [0.15, 0.2) is 24.5 Å². The molecule has 1 aliphatic rings. The molecule has 0 aromatic carbocycles. The number of nitrogens with zero attached hydrogens (tertiary/aromatic N) is 2. The Labute approximate surface area is 118 Å². The van der Waals surface area contributed by atoms with Gasteiger partial charge in [-0.05, 0) is 50.5 Å². The largest absolute Gasteiger partial charge is 0.483 e. The molecule has 1 amide bonds. The summed E-state index contributed by atoms with van der Waals surface area (Å²) in [6.07, 6.45) is 5.53. The van der Waals surface area contributed by atoms with E-state index in [1.807, 2.05) is 12.1 Å². The van der Waals surface area contributed by atoms with Gasteiger partial charge in [-0.15, -0.1) is 0 Å². The van der Waals surface area contributed by atoms with Gasteiger partial charge in [-0.1, -0.05) is 6.07 Å². The average molecular weight is 279 g/mol. The first-order valence-corrected chi connectivity index (χ1v) is 6.55. The Morgan fingerprint density at radius 2 is 2.15 bits per heavy atom. The number of likely N-dealkylation sites (tertiary alicyclic amines) is 1. The lowest BCUT2D eigenvalue weighted by Gasteiger charge is -2.33. The highest BCUT2D eigenvalue weighted by atomic mass is 16.3. The number of hydrogen-bond acceptors (Lipinski definition) is 4. The molecule has 1 atom stereocenters. The number of piperidine rings is 1. The monoisotopic (exact) mass is 279 g/mol. The Kier molecular flexibility index (Phi) is 6.66. The number of carbonyl (C=O) groups excluding carboxylic acids is 1. The van der Waals surface area contributed by atoms with Crippen LogP contribution in [0, 0.1) is 5.92 Å². The quantitative estimate of drug-likeness (QED) is 0.794. The van der Waals surface area contributed by atoms with Crippen molar-refractivity contribution < 1.29 is 14.7 Å². The lowest BCUT2D eigenvalue weighted by atomic mass is 9.80. The minimum atomic E-state index is -0.250. The van der Waals surface area contributed by atoms with Gasteiger partial charge in [0, 0.05) is 12.4 Å². The summed E-state index contributed by atoms with van der Waals surface area (Å²) < 4.78 is 0. The van der Waals surface area contributed by atoms with E-state index in [1.165, 1.54) is 0 Å². The zero-order valence-corrected chi connectivity index (χ0v) is 11.6. The van der Waals surface area contributed by atoms with E-state index in [1.54, 1.807) is 12.4 Å². The van der Waals surface area contributed by atoms with Crippen LogP contribution in [0.4, 0.5) is 0 Å². The number of carboxylic acid groups (broad SMARTS) is 1. The van der Waals surface area contributed by atoms with Crippen molar-refractivity contribution in [3.8, 4) is 0 Å². The third-order valence-corrected chi connectivity index (χ3v) is 3.58. The molecule has 3 N–H and O–H groups in total. The first-order valence-electron chi connectivity index (χ1n) is 6.55. The van der Waals surface area contributed by atoms with E-state index in [0.29, 0.717) is 5.92 Å². The van der Waals surface area contributed by atoms with Crippen LogP contribution in [-0.4, -0.2) is 47.5 Å². The number of amides is 1. The van der Waals surface area contributed by atoms with Crippen molar-refractivity contribution in [1.29, 1.82) is 0 Å². The fourth-order valence-corrected chi connectivity index (χ4v) is 2.59. The van der Waals surface area contributed by atoms with Crippen molar-refractivity contribution in [2.24, 2.45) is 11.7 Å². The van der Waals surface area contributed by atoms with Crippen molar-refractivity contribution in [1.82, 2.24) is 9.88 Å². The maximum Gasteiger partial charge on any atom is 0.290 e. The Morgan fingerprint density at radius 1 is 1.55 bits per heavy atom. The van der Waals surface area contributed by atoms with Crippen LogP contribution < -0.4 is 5.73 Å². The fourth-order valence-electron chi connectivity index (χ4n) is 2.59. The van der Waals surface area contributed by atoms with E-state index in [9.17, 15) is 4.79 Å². The van der Waals surface area contributed by atoms with Crippen LogP contribution in [0.25, 0.3) is 0 Å². The lowest BCUT2D eigenvalue weighted by molar-refractivity contribution is -0.123. The summed E-state index contributed by atoms with van der Waals surface area (Å²) in [4.78, 5) is 26.4. The van der Waals surface area contributed by atoms with Crippen molar-refractivity contribution in [3.63, 3.8) is 0 Å². The highest BCUT2D eigenvalue weighted by Gasteiger charge is 2.30. The van der Waals surface area contributed by atoms with Crippen LogP contribution in [0.2, 0.25) is 0 Å². The summed E-state index contributed by atoms with van der Waals surface area (Å²) in [5.74, 6) is -0.0575. The number of carbonyl (C=O) groups is 2. The van der Waals surface area contributed by atoms with Crippen molar-refractivity contribution in [2.75, 3.05) is 20.1 Å². The summed E-state index contributed by atoms with van der Waals surface area (Å²) in [7, 11) is 2.11. The second-order valence-electron chi connectivity index (χ2n) is 4.91. The molecule has 0 spiro atoms. The summed E-state index contributed by atoms with van der Waals surface area (Å²) in [6.45, 7) is 1.82. The Morgan fingerprint density at radius 3 is 2.60 bits per heavy atom. The standard InChI is InChI=1S/C13H19N3O.CH2O2/c1-16-7-4-10(5-8-16)12(13(14)17)11-3-2-6-15-9-11;2-1-3/h2-3,6,9-10,12H,4-5,7-8H2,1H3,(H2,14,17);1H,(H,2,3). The number of rotatable bonds is 3. The molecule has 1 unspecified atom stereocenters. The van der Waals surface area contributed by atoms with Gasteiger partial charge in [0.25, 0.3) is 6.47 Å². The van der Waals surface area contributed by atoms with Crippen LogP contribution >= 0.6 is 0 Å². The average Bonchev–Trinajstić information content (AvgIpc) is 2.43. The van der Waals surface area contributed by atoms with Gasteiger partial charge in [-0.3, -0.25) is 14.6 Å². The molecule has 0 aliphatic carbocycles. The van der Waals surface area contributed by atoms with Gasteiger partial charge in [0.1, 0.15) is 0 Å². The summed E-state index contributed by atoms with van der Waals surface area (Å²) in [5.41, 5.74) is 6.51. The molecule has 1 aliphatic heterocycles. The Bertz CT molecular complexity index is 417. The van der Waals surface area contributed by atoms with Gasteiger partial charge >= 0.3 is 0 Å². The topological polar surface area (TPSA) is 96.5 Å². The van der Waals surface area contributed by atoms with Crippen molar-refractivity contribution in [2.45, 2.75) is 18.8 Å². The predicted octanol–water partition coefficient (Wildman–Crippen LogP) is 0.693. The smallest absolute Gasteiger partial charge is 0.290 e. The maximum atomic E-state index is 11.7. The number of nitrogens with two attached hydrogens (primary N) is 1. The number of hydrogen-bond donors (Lipinski definition) is 2. The van der Waals surface area contributed by atoms with Gasteiger partial charge in [0.2, 0.25) is 5.91 Å². The second kappa shape index (κ2) is 8.27. The maximum absolute atomic E-state index is 11.7. The normalized spacial score (nSPS) is 17.6. The summed E-state index contributed by atoms with van der Waals surface area (Å²) in [5, 5.41) is 6.89. The molecule has 2 heterocycles. The SMILES string of the molecule is CN1CCC(C(C(N)=O)c2cccnc2)CC1.O=CO. The van der Waals surface area contributed by atoms with E-state index in [0.717, 1.165) is 31.5 Å². The first kappa shape index (κ1) is 16.1. The molecule has 0 bridgehead atoms. The molecule has 1 aromatic rings. The summed E-state index contributed by atoms with van der Waals surface area (Å²) >= 11 is 0. The van der Waals surface area contributed by atoms with Crippen molar-refractivity contribution >= 4 is 12.4 Å². The van der Waals surface area contributed by atoms with E-state index in [2.05, 4.69) is 16.9 Å². The molecule has 1 fully saturated rings. The lowest BCUT2D eigenvalue weighted by Crippen LogP contribution is -2.37.